The number of carboxylic acid groups (broad SMARTS) is 1. The van der Waals surface area contributed by atoms with Gasteiger partial charge < -0.3 is 29.9 Å². The number of hydrogen-bond donors (Lipinski definition) is 4. The molecule has 0 saturated carbocycles. The van der Waals surface area contributed by atoms with Gasteiger partial charge in [0.05, 0.1) is 23.8 Å². The SMILES string of the molecule is CCOC(=O)c1cc(S[C@@H]2O[C@@H](C)[C@@H](O)[C@@H](O)[C@@H]2O)cc(C(=O)O)c1. The molecule has 1 saturated heterocycles. The van der Waals surface area contributed by atoms with Crippen molar-refractivity contribution in [3.63, 3.8) is 0 Å². The van der Waals surface area contributed by atoms with E-state index < -0.39 is 41.8 Å². The Labute approximate surface area is 148 Å². The van der Waals surface area contributed by atoms with E-state index in [-0.39, 0.29) is 17.7 Å². The second kappa shape index (κ2) is 8.15. The van der Waals surface area contributed by atoms with E-state index >= 15 is 0 Å². The van der Waals surface area contributed by atoms with Gasteiger partial charge in [-0.1, -0.05) is 11.8 Å². The Morgan fingerprint density at radius 1 is 1.12 bits per heavy atom. The summed E-state index contributed by atoms with van der Waals surface area (Å²) in [5.74, 6) is -1.89. The molecule has 0 aromatic heterocycles. The smallest absolute Gasteiger partial charge is 0.338 e. The van der Waals surface area contributed by atoms with Crippen molar-refractivity contribution in [3.05, 3.63) is 29.3 Å². The zero-order valence-electron chi connectivity index (χ0n) is 13.7. The number of aliphatic hydroxyl groups excluding tert-OH is 3. The Kier molecular flexibility index (Phi) is 6.42. The number of rotatable bonds is 5. The predicted molar refractivity (Wildman–Crippen MR) is 87.6 cm³/mol. The molecule has 5 atom stereocenters. The fourth-order valence-corrected chi connectivity index (χ4v) is 3.56. The molecule has 1 fully saturated rings. The highest BCUT2D eigenvalue weighted by Gasteiger charge is 2.42. The molecule has 0 aliphatic carbocycles. The largest absolute Gasteiger partial charge is 0.478 e. The second-order valence-electron chi connectivity index (χ2n) is 5.57. The predicted octanol–water partition coefficient (Wildman–Crippen LogP) is 0.481. The van der Waals surface area contributed by atoms with Crippen LogP contribution in [0.2, 0.25) is 0 Å². The van der Waals surface area contributed by atoms with Gasteiger partial charge in [-0.3, -0.25) is 0 Å². The molecule has 0 radical (unpaired) electrons. The first kappa shape index (κ1) is 19.7. The van der Waals surface area contributed by atoms with Crippen molar-refractivity contribution in [2.75, 3.05) is 6.61 Å². The van der Waals surface area contributed by atoms with E-state index in [2.05, 4.69) is 0 Å². The van der Waals surface area contributed by atoms with Crippen LogP contribution in [0.4, 0.5) is 0 Å². The molecule has 0 unspecified atom stereocenters. The van der Waals surface area contributed by atoms with Crippen molar-refractivity contribution in [1.29, 1.82) is 0 Å². The summed E-state index contributed by atoms with van der Waals surface area (Å²) in [5.41, 5.74) is -0.998. The van der Waals surface area contributed by atoms with Gasteiger partial charge in [-0.15, -0.1) is 0 Å². The van der Waals surface area contributed by atoms with Crippen LogP contribution in [0.5, 0.6) is 0 Å². The Bertz CT molecular complexity index is 649. The van der Waals surface area contributed by atoms with Crippen LogP contribution in [0.15, 0.2) is 23.1 Å². The minimum absolute atomic E-state index is 0.0585. The van der Waals surface area contributed by atoms with Gasteiger partial charge in [0, 0.05) is 4.90 Å². The first-order chi connectivity index (χ1) is 11.7. The molecule has 2 rings (SSSR count). The van der Waals surface area contributed by atoms with E-state index in [0.717, 1.165) is 11.8 Å². The summed E-state index contributed by atoms with van der Waals surface area (Å²) >= 11 is 0.949. The lowest BCUT2D eigenvalue weighted by atomic mass is 10.0. The number of carbonyl (C=O) groups excluding carboxylic acids is 1. The summed E-state index contributed by atoms with van der Waals surface area (Å²) in [4.78, 5) is 23.5. The van der Waals surface area contributed by atoms with E-state index in [1.165, 1.54) is 18.2 Å². The number of benzene rings is 1. The van der Waals surface area contributed by atoms with Crippen LogP contribution in [0, 0.1) is 0 Å². The quantitative estimate of drug-likeness (QED) is 0.545. The van der Waals surface area contributed by atoms with Crippen molar-refractivity contribution in [3.8, 4) is 0 Å². The van der Waals surface area contributed by atoms with Crippen LogP contribution in [-0.4, -0.2) is 68.8 Å². The van der Waals surface area contributed by atoms with Gasteiger partial charge >= 0.3 is 11.9 Å². The summed E-state index contributed by atoms with van der Waals surface area (Å²) < 4.78 is 10.4. The van der Waals surface area contributed by atoms with Crippen molar-refractivity contribution >= 4 is 23.7 Å². The maximum absolute atomic E-state index is 11.9. The number of thioether (sulfide) groups is 1. The summed E-state index contributed by atoms with van der Waals surface area (Å²) in [6, 6.07) is 3.95. The molecule has 1 aliphatic heterocycles. The first-order valence-corrected chi connectivity index (χ1v) is 8.54. The monoisotopic (exact) mass is 372 g/mol. The normalized spacial score (nSPS) is 29.2. The van der Waals surface area contributed by atoms with Crippen LogP contribution >= 0.6 is 11.8 Å². The third-order valence-electron chi connectivity index (χ3n) is 3.73. The maximum atomic E-state index is 11.9. The van der Waals surface area contributed by atoms with E-state index in [1.807, 2.05) is 0 Å². The summed E-state index contributed by atoms with van der Waals surface area (Å²) in [6.07, 6.45) is -4.72. The molecule has 1 aliphatic rings. The molecule has 138 valence electrons. The van der Waals surface area contributed by atoms with Crippen molar-refractivity contribution in [2.45, 2.75) is 48.6 Å². The van der Waals surface area contributed by atoms with Gasteiger partial charge in [0.1, 0.15) is 23.7 Å². The zero-order chi connectivity index (χ0) is 18.7. The molecular weight excluding hydrogens is 352 g/mol. The van der Waals surface area contributed by atoms with Gasteiger partial charge in [0.2, 0.25) is 0 Å². The van der Waals surface area contributed by atoms with Crippen LogP contribution in [0.1, 0.15) is 34.6 Å². The maximum Gasteiger partial charge on any atom is 0.338 e. The van der Waals surface area contributed by atoms with Crippen LogP contribution in [0.25, 0.3) is 0 Å². The van der Waals surface area contributed by atoms with Gasteiger partial charge in [-0.25, -0.2) is 9.59 Å². The Morgan fingerprint density at radius 3 is 2.36 bits per heavy atom. The van der Waals surface area contributed by atoms with Crippen LogP contribution < -0.4 is 0 Å². The van der Waals surface area contributed by atoms with Crippen LogP contribution in [0.3, 0.4) is 0 Å². The molecule has 1 heterocycles. The molecule has 0 spiro atoms. The van der Waals surface area contributed by atoms with Gasteiger partial charge in [0.25, 0.3) is 0 Å². The molecule has 8 nitrogen and oxygen atoms in total. The van der Waals surface area contributed by atoms with E-state index in [9.17, 15) is 30.0 Å². The molecule has 1 aromatic carbocycles. The number of carbonyl (C=O) groups is 2. The molecule has 0 bridgehead atoms. The zero-order valence-corrected chi connectivity index (χ0v) is 14.5. The van der Waals surface area contributed by atoms with E-state index in [4.69, 9.17) is 9.47 Å². The number of esters is 1. The topological polar surface area (TPSA) is 134 Å². The lowest BCUT2D eigenvalue weighted by Gasteiger charge is -2.38. The molecule has 9 heteroatoms. The van der Waals surface area contributed by atoms with Gasteiger partial charge in [0.15, 0.2) is 0 Å². The molecule has 4 N–H and O–H groups in total. The molecular formula is C16H20O8S. The average molecular weight is 372 g/mol. The van der Waals surface area contributed by atoms with Gasteiger partial charge in [-0.05, 0) is 32.0 Å². The van der Waals surface area contributed by atoms with Crippen molar-refractivity contribution < 1.29 is 39.5 Å². The average Bonchev–Trinajstić information content (AvgIpc) is 2.57. The minimum Gasteiger partial charge on any atom is -0.478 e. The third-order valence-corrected chi connectivity index (χ3v) is 4.86. The number of aromatic carboxylic acids is 1. The minimum atomic E-state index is -1.39. The number of hydrogen-bond acceptors (Lipinski definition) is 8. The Balaban J connectivity index is 2.28. The first-order valence-electron chi connectivity index (χ1n) is 7.66. The molecule has 25 heavy (non-hydrogen) atoms. The van der Waals surface area contributed by atoms with Gasteiger partial charge in [-0.2, -0.15) is 0 Å². The highest BCUT2D eigenvalue weighted by molar-refractivity contribution is 7.99. The second-order valence-corrected chi connectivity index (χ2v) is 6.74. The van der Waals surface area contributed by atoms with E-state index in [1.54, 1.807) is 13.8 Å². The van der Waals surface area contributed by atoms with Crippen molar-refractivity contribution in [2.24, 2.45) is 0 Å². The Morgan fingerprint density at radius 2 is 1.76 bits per heavy atom. The molecule has 0 amide bonds. The van der Waals surface area contributed by atoms with E-state index in [0.29, 0.717) is 4.90 Å². The number of aliphatic hydroxyl groups is 3. The fraction of sp³-hybridized carbons (Fsp3) is 0.500. The lowest BCUT2D eigenvalue weighted by Crippen LogP contribution is -2.55. The van der Waals surface area contributed by atoms with Crippen molar-refractivity contribution in [1.82, 2.24) is 0 Å². The number of ether oxygens (including phenoxy) is 2. The van der Waals surface area contributed by atoms with Crippen LogP contribution in [-0.2, 0) is 9.47 Å². The number of carboxylic acids is 1. The summed E-state index contributed by atoms with van der Waals surface area (Å²) in [7, 11) is 0. The summed E-state index contributed by atoms with van der Waals surface area (Å²) in [5, 5.41) is 38.8. The lowest BCUT2D eigenvalue weighted by molar-refractivity contribution is -0.192. The standard InChI is InChI=1S/C16H20O8S/c1-3-23-15(22)9-4-8(14(20)21)5-10(6-9)25-16-13(19)12(18)11(17)7(2)24-16/h4-7,11-13,16-19H,3H2,1-2H3,(H,20,21)/t7-,11+,12+,13-,16-/m0/s1. The molecule has 1 aromatic rings. The Hall–Kier alpha value is -1.65. The third kappa shape index (κ3) is 4.50. The summed E-state index contributed by atoms with van der Waals surface area (Å²) in [6.45, 7) is 3.32. The highest BCUT2D eigenvalue weighted by Crippen LogP contribution is 2.34. The fourth-order valence-electron chi connectivity index (χ4n) is 2.37. The highest BCUT2D eigenvalue weighted by atomic mass is 32.2.